The molecule has 0 unspecified atom stereocenters. The van der Waals surface area contributed by atoms with Gasteiger partial charge in [0.15, 0.2) is 0 Å². The topological polar surface area (TPSA) is 9.23 Å². The average molecular weight is 307 g/mol. The molecule has 0 atom stereocenters. The van der Waals surface area contributed by atoms with E-state index in [1.54, 1.807) is 0 Å². The first-order valence-electron chi connectivity index (χ1n) is 7.26. The van der Waals surface area contributed by atoms with E-state index in [0.29, 0.717) is 6.61 Å². The van der Waals surface area contributed by atoms with Crippen molar-refractivity contribution < 1.29 is 4.74 Å². The lowest BCUT2D eigenvalue weighted by Gasteiger charge is -2.11. The van der Waals surface area contributed by atoms with Crippen LogP contribution in [0.15, 0.2) is 72.8 Å². The monoisotopic (exact) mass is 306 g/mol. The van der Waals surface area contributed by atoms with Crippen LogP contribution in [0.25, 0.3) is 11.1 Å². The third-order valence-corrected chi connectivity index (χ3v) is 3.99. The largest absolute Gasteiger partial charge is 0.489 e. The molecular formula is C19H16BClO. The summed E-state index contributed by atoms with van der Waals surface area (Å²) in [5.74, 6) is 0.862. The highest BCUT2D eigenvalue weighted by Gasteiger charge is 2.08. The van der Waals surface area contributed by atoms with Gasteiger partial charge >= 0.3 is 0 Å². The molecular weight excluding hydrogens is 290 g/mol. The maximum atomic E-state index is 6.56. The van der Waals surface area contributed by atoms with E-state index < -0.39 is 0 Å². The molecule has 0 spiro atoms. The first-order valence-corrected chi connectivity index (χ1v) is 7.64. The van der Waals surface area contributed by atoms with Crippen LogP contribution in [0.3, 0.4) is 0 Å². The van der Waals surface area contributed by atoms with Gasteiger partial charge in [0.05, 0.1) is 5.02 Å². The van der Waals surface area contributed by atoms with Crippen LogP contribution in [0.1, 0.15) is 5.56 Å². The Morgan fingerprint density at radius 2 is 1.64 bits per heavy atom. The SMILES string of the molecule is Bc1cccc(OCc2cccc(-c3ccccc3)c2Cl)c1. The van der Waals surface area contributed by atoms with Gasteiger partial charge in [0.2, 0.25) is 0 Å². The normalized spacial score (nSPS) is 10.4. The summed E-state index contributed by atoms with van der Waals surface area (Å²) in [5, 5.41) is 0.751. The predicted molar refractivity (Wildman–Crippen MR) is 95.8 cm³/mol. The molecule has 108 valence electrons. The first-order chi connectivity index (χ1) is 10.7. The Hall–Kier alpha value is -2.19. The van der Waals surface area contributed by atoms with E-state index in [0.717, 1.165) is 27.5 Å². The van der Waals surface area contributed by atoms with Crippen molar-refractivity contribution in [2.24, 2.45) is 0 Å². The Balaban J connectivity index is 1.83. The van der Waals surface area contributed by atoms with Crippen LogP contribution in [-0.2, 0) is 6.61 Å². The standard InChI is InChI=1S/C19H16BClO/c20-16-9-5-10-17(12-16)22-13-15-8-4-11-18(19(15)21)14-6-2-1-3-7-14/h1-12H,13,20H2. The predicted octanol–water partition coefficient (Wildman–Crippen LogP) is 3.84. The smallest absolute Gasteiger partial charge is 0.139 e. The molecule has 0 heterocycles. The highest BCUT2D eigenvalue weighted by molar-refractivity contribution is 6.34. The minimum atomic E-state index is 0.461. The van der Waals surface area contributed by atoms with Crippen LogP contribution in [0.4, 0.5) is 0 Å². The number of halogens is 1. The third kappa shape index (κ3) is 3.34. The van der Waals surface area contributed by atoms with Gasteiger partial charge in [0.25, 0.3) is 0 Å². The van der Waals surface area contributed by atoms with E-state index in [9.17, 15) is 0 Å². The number of ether oxygens (including phenoxy) is 1. The van der Waals surface area contributed by atoms with Crippen molar-refractivity contribution in [3.8, 4) is 16.9 Å². The molecule has 0 saturated heterocycles. The molecule has 0 aliphatic rings. The van der Waals surface area contributed by atoms with Gasteiger partial charge in [-0.05, 0) is 17.7 Å². The molecule has 3 aromatic rings. The van der Waals surface area contributed by atoms with Gasteiger partial charge in [0, 0.05) is 11.1 Å². The first kappa shape index (κ1) is 14.7. The second-order valence-corrected chi connectivity index (χ2v) is 5.63. The average Bonchev–Trinajstić information content (AvgIpc) is 2.55. The van der Waals surface area contributed by atoms with Crippen molar-refractivity contribution in [3.63, 3.8) is 0 Å². The van der Waals surface area contributed by atoms with Crippen molar-refractivity contribution >= 4 is 24.9 Å². The lowest BCUT2D eigenvalue weighted by Crippen LogP contribution is -2.03. The second kappa shape index (κ2) is 6.72. The van der Waals surface area contributed by atoms with Gasteiger partial charge in [-0.25, -0.2) is 0 Å². The molecule has 3 rings (SSSR count). The Morgan fingerprint density at radius 1 is 0.864 bits per heavy atom. The number of hydrogen-bond donors (Lipinski definition) is 0. The molecule has 0 N–H and O–H groups in total. The lowest BCUT2D eigenvalue weighted by atomic mass is 9.96. The van der Waals surface area contributed by atoms with Crippen LogP contribution in [0.5, 0.6) is 5.75 Å². The fourth-order valence-electron chi connectivity index (χ4n) is 2.40. The zero-order valence-corrected chi connectivity index (χ0v) is 13.2. The molecule has 1 nitrogen and oxygen atoms in total. The molecule has 0 amide bonds. The maximum Gasteiger partial charge on any atom is 0.139 e. The van der Waals surface area contributed by atoms with E-state index >= 15 is 0 Å². The molecule has 0 bridgehead atoms. The highest BCUT2D eigenvalue weighted by Crippen LogP contribution is 2.31. The fraction of sp³-hybridized carbons (Fsp3) is 0.0526. The second-order valence-electron chi connectivity index (χ2n) is 5.25. The summed E-state index contributed by atoms with van der Waals surface area (Å²) >= 11 is 6.56. The Bertz CT molecular complexity index is 771. The summed E-state index contributed by atoms with van der Waals surface area (Å²) in [4.78, 5) is 0. The molecule has 0 radical (unpaired) electrons. The van der Waals surface area contributed by atoms with E-state index in [4.69, 9.17) is 16.3 Å². The summed E-state index contributed by atoms with van der Waals surface area (Å²) < 4.78 is 5.86. The van der Waals surface area contributed by atoms with Gasteiger partial charge in [-0.2, -0.15) is 0 Å². The number of hydrogen-bond acceptors (Lipinski definition) is 1. The van der Waals surface area contributed by atoms with Gasteiger partial charge in [-0.15, -0.1) is 0 Å². The summed E-state index contributed by atoms with van der Waals surface area (Å²) in [5.41, 5.74) is 4.32. The van der Waals surface area contributed by atoms with Gasteiger partial charge in [-0.3, -0.25) is 0 Å². The Morgan fingerprint density at radius 3 is 2.41 bits per heavy atom. The minimum absolute atomic E-state index is 0.461. The van der Waals surface area contributed by atoms with Crippen LogP contribution in [-0.4, -0.2) is 7.85 Å². The summed E-state index contributed by atoms with van der Waals surface area (Å²) in [6.45, 7) is 0.461. The molecule has 0 fully saturated rings. The van der Waals surface area contributed by atoms with Crippen molar-refractivity contribution in [1.82, 2.24) is 0 Å². The summed E-state index contributed by atoms with van der Waals surface area (Å²) in [6.07, 6.45) is 0. The van der Waals surface area contributed by atoms with E-state index in [1.807, 2.05) is 54.6 Å². The minimum Gasteiger partial charge on any atom is -0.489 e. The molecule has 0 saturated carbocycles. The van der Waals surface area contributed by atoms with Crippen molar-refractivity contribution in [2.45, 2.75) is 6.61 Å². The summed E-state index contributed by atoms with van der Waals surface area (Å²) in [7, 11) is 2.05. The Labute approximate surface area is 136 Å². The van der Waals surface area contributed by atoms with Crippen LogP contribution in [0, 0.1) is 0 Å². The zero-order chi connectivity index (χ0) is 15.4. The number of benzene rings is 3. The van der Waals surface area contributed by atoms with E-state index in [-0.39, 0.29) is 0 Å². The van der Waals surface area contributed by atoms with Crippen molar-refractivity contribution in [1.29, 1.82) is 0 Å². The van der Waals surface area contributed by atoms with Crippen LogP contribution in [0.2, 0.25) is 5.02 Å². The quantitative estimate of drug-likeness (QED) is 0.665. The van der Waals surface area contributed by atoms with E-state index in [2.05, 4.69) is 26.0 Å². The molecule has 0 aliphatic heterocycles. The molecule has 0 aromatic heterocycles. The van der Waals surface area contributed by atoms with Crippen LogP contribution >= 0.6 is 11.6 Å². The fourth-order valence-corrected chi connectivity index (χ4v) is 2.69. The van der Waals surface area contributed by atoms with Gasteiger partial charge < -0.3 is 4.74 Å². The maximum absolute atomic E-state index is 6.56. The summed E-state index contributed by atoms with van der Waals surface area (Å²) in [6, 6.07) is 24.2. The van der Waals surface area contributed by atoms with Gasteiger partial charge in [0.1, 0.15) is 20.2 Å². The third-order valence-electron chi connectivity index (χ3n) is 3.55. The molecule has 22 heavy (non-hydrogen) atoms. The van der Waals surface area contributed by atoms with Crippen LogP contribution < -0.4 is 10.2 Å². The zero-order valence-electron chi connectivity index (χ0n) is 12.4. The molecule has 3 heteroatoms. The lowest BCUT2D eigenvalue weighted by molar-refractivity contribution is 0.306. The number of rotatable bonds is 4. The van der Waals surface area contributed by atoms with Crippen molar-refractivity contribution in [2.75, 3.05) is 0 Å². The highest BCUT2D eigenvalue weighted by atomic mass is 35.5. The molecule has 3 aromatic carbocycles. The van der Waals surface area contributed by atoms with Crippen molar-refractivity contribution in [3.05, 3.63) is 83.4 Å². The van der Waals surface area contributed by atoms with E-state index in [1.165, 1.54) is 5.46 Å². The molecule has 0 aliphatic carbocycles. The van der Waals surface area contributed by atoms with Gasteiger partial charge in [-0.1, -0.05) is 77.7 Å². The Kier molecular flexibility index (Phi) is 4.50.